The molecule has 4 rings (SSSR count). The van der Waals surface area contributed by atoms with E-state index < -0.39 is 0 Å². The first kappa shape index (κ1) is 18.2. The molecule has 2 heterocycles. The minimum Gasteiger partial charge on any atom is -0.492 e. The summed E-state index contributed by atoms with van der Waals surface area (Å²) in [5, 5.41) is 4.19. The summed E-state index contributed by atoms with van der Waals surface area (Å²) in [7, 11) is 0. The number of rotatable bonds is 6. The zero-order valence-electron chi connectivity index (χ0n) is 15.7. The Balaban J connectivity index is 1.44. The van der Waals surface area contributed by atoms with Gasteiger partial charge in [0.25, 0.3) is 5.56 Å². The van der Waals surface area contributed by atoms with Crippen LogP contribution in [0.25, 0.3) is 10.2 Å². The van der Waals surface area contributed by atoms with Gasteiger partial charge in [0.15, 0.2) is 0 Å². The van der Waals surface area contributed by atoms with E-state index in [4.69, 9.17) is 9.72 Å². The van der Waals surface area contributed by atoms with Crippen LogP contribution in [0.5, 0.6) is 5.75 Å². The third-order valence-corrected chi connectivity index (χ3v) is 6.31. The maximum atomic E-state index is 12.7. The lowest BCUT2D eigenvalue weighted by molar-refractivity contribution is 0.306. The van der Waals surface area contributed by atoms with Crippen LogP contribution in [0.4, 0.5) is 0 Å². The number of aryl methyl sites for hydroxylation is 1. The average molecular weight is 384 g/mol. The van der Waals surface area contributed by atoms with Crippen LogP contribution in [0.15, 0.2) is 35.1 Å². The Bertz CT molecular complexity index is 980. The molecule has 0 fully saturated rings. The zero-order chi connectivity index (χ0) is 18.8. The minimum absolute atomic E-state index is 0.00348. The first-order valence-electron chi connectivity index (χ1n) is 9.57. The predicted molar refractivity (Wildman–Crippen MR) is 110 cm³/mol. The van der Waals surface area contributed by atoms with Gasteiger partial charge < -0.3 is 15.0 Å². The van der Waals surface area contributed by atoms with Crippen molar-refractivity contribution in [1.29, 1.82) is 0 Å². The quantitative estimate of drug-likeness (QED) is 0.635. The van der Waals surface area contributed by atoms with Gasteiger partial charge in [-0.25, -0.2) is 4.98 Å². The molecule has 0 spiro atoms. The standard InChI is InChI=1S/C21H25N3O2S/c1-13-8-9-16-17(12-13)27-21-18(16)20(25)23-19(24-21)14(2)22-10-11-26-15-6-4-3-5-7-15/h3-7,13-14,22H,8-12H2,1-2H3,(H,23,24,25)/t13-,14+/m0/s1. The van der Waals surface area contributed by atoms with E-state index in [-0.39, 0.29) is 11.6 Å². The molecule has 1 aromatic carbocycles. The Labute approximate surface area is 162 Å². The van der Waals surface area contributed by atoms with Crippen LogP contribution < -0.4 is 15.6 Å². The molecule has 1 aliphatic carbocycles. The van der Waals surface area contributed by atoms with Gasteiger partial charge in [0.1, 0.15) is 23.0 Å². The number of ether oxygens (including phenoxy) is 1. The Hall–Kier alpha value is -2.18. The summed E-state index contributed by atoms with van der Waals surface area (Å²) in [4.78, 5) is 22.7. The Kier molecular flexibility index (Phi) is 5.27. The molecule has 1 aliphatic rings. The fraction of sp³-hybridized carbons (Fsp3) is 0.429. The number of aromatic nitrogens is 2. The maximum Gasteiger partial charge on any atom is 0.259 e. The van der Waals surface area contributed by atoms with Crippen LogP contribution in [0.1, 0.15) is 42.6 Å². The number of thiophene rings is 1. The maximum absolute atomic E-state index is 12.7. The normalized spacial score (nSPS) is 17.6. The average Bonchev–Trinajstić information content (AvgIpc) is 3.03. The summed E-state index contributed by atoms with van der Waals surface area (Å²) in [6.07, 6.45) is 3.21. The summed E-state index contributed by atoms with van der Waals surface area (Å²) in [6.45, 7) is 5.53. The highest BCUT2D eigenvalue weighted by atomic mass is 32.1. The van der Waals surface area contributed by atoms with Crippen LogP contribution in [0, 0.1) is 5.92 Å². The fourth-order valence-electron chi connectivity index (χ4n) is 3.63. The molecule has 0 amide bonds. The topological polar surface area (TPSA) is 67.0 Å². The highest BCUT2D eigenvalue weighted by molar-refractivity contribution is 7.18. The van der Waals surface area contributed by atoms with E-state index in [1.807, 2.05) is 37.3 Å². The van der Waals surface area contributed by atoms with Gasteiger partial charge in [-0.2, -0.15) is 0 Å². The third kappa shape index (κ3) is 3.92. The van der Waals surface area contributed by atoms with Crippen LogP contribution >= 0.6 is 11.3 Å². The molecule has 142 valence electrons. The summed E-state index contributed by atoms with van der Waals surface area (Å²) in [5.41, 5.74) is 1.22. The van der Waals surface area contributed by atoms with Gasteiger partial charge in [0.05, 0.1) is 11.4 Å². The predicted octanol–water partition coefficient (Wildman–Crippen LogP) is 3.84. The van der Waals surface area contributed by atoms with Crippen molar-refractivity contribution in [3.05, 3.63) is 57.0 Å². The number of hydrogen-bond donors (Lipinski definition) is 2. The number of nitrogens with zero attached hydrogens (tertiary/aromatic N) is 1. The van der Waals surface area contributed by atoms with Crippen molar-refractivity contribution < 1.29 is 4.74 Å². The monoisotopic (exact) mass is 383 g/mol. The zero-order valence-corrected chi connectivity index (χ0v) is 16.6. The summed E-state index contributed by atoms with van der Waals surface area (Å²) in [6, 6.07) is 9.72. The summed E-state index contributed by atoms with van der Waals surface area (Å²) < 4.78 is 5.70. The number of hydrogen-bond acceptors (Lipinski definition) is 5. The molecule has 0 radical (unpaired) electrons. The fourth-order valence-corrected chi connectivity index (χ4v) is 5.02. The van der Waals surface area contributed by atoms with Gasteiger partial charge in [-0.3, -0.25) is 4.79 Å². The summed E-state index contributed by atoms with van der Waals surface area (Å²) >= 11 is 1.69. The van der Waals surface area contributed by atoms with E-state index in [2.05, 4.69) is 17.2 Å². The second kappa shape index (κ2) is 7.82. The number of para-hydroxylation sites is 1. The molecule has 6 heteroatoms. The summed E-state index contributed by atoms with van der Waals surface area (Å²) in [5.74, 6) is 2.24. The van der Waals surface area contributed by atoms with E-state index in [9.17, 15) is 4.79 Å². The second-order valence-corrected chi connectivity index (χ2v) is 8.40. The van der Waals surface area contributed by atoms with E-state index in [0.717, 1.165) is 35.2 Å². The van der Waals surface area contributed by atoms with Crippen molar-refractivity contribution in [2.45, 2.75) is 39.2 Å². The van der Waals surface area contributed by atoms with Crippen molar-refractivity contribution in [2.24, 2.45) is 5.92 Å². The van der Waals surface area contributed by atoms with Crippen LogP contribution in [0.2, 0.25) is 0 Å². The van der Waals surface area contributed by atoms with Crippen molar-refractivity contribution in [2.75, 3.05) is 13.2 Å². The van der Waals surface area contributed by atoms with Crippen molar-refractivity contribution in [1.82, 2.24) is 15.3 Å². The molecule has 0 saturated carbocycles. The van der Waals surface area contributed by atoms with Gasteiger partial charge >= 0.3 is 0 Å². The molecule has 2 aromatic heterocycles. The number of aromatic amines is 1. The molecule has 3 aromatic rings. The van der Waals surface area contributed by atoms with Crippen LogP contribution in [-0.2, 0) is 12.8 Å². The number of benzene rings is 1. The molecule has 5 nitrogen and oxygen atoms in total. The molecule has 0 unspecified atom stereocenters. The second-order valence-electron chi connectivity index (χ2n) is 7.32. The lowest BCUT2D eigenvalue weighted by atomic mass is 9.89. The Morgan fingerprint density at radius 1 is 1.37 bits per heavy atom. The number of fused-ring (bicyclic) bond motifs is 3. The van der Waals surface area contributed by atoms with Crippen LogP contribution in [-0.4, -0.2) is 23.1 Å². The van der Waals surface area contributed by atoms with Crippen molar-refractivity contribution in [3.8, 4) is 5.75 Å². The lowest BCUT2D eigenvalue weighted by Crippen LogP contribution is -2.27. The molecule has 2 atom stereocenters. The van der Waals surface area contributed by atoms with Gasteiger partial charge in [-0.1, -0.05) is 25.1 Å². The van der Waals surface area contributed by atoms with Crippen molar-refractivity contribution >= 4 is 21.6 Å². The Morgan fingerprint density at radius 3 is 3.00 bits per heavy atom. The van der Waals surface area contributed by atoms with E-state index >= 15 is 0 Å². The first-order valence-corrected chi connectivity index (χ1v) is 10.4. The Morgan fingerprint density at radius 2 is 2.19 bits per heavy atom. The molecule has 2 N–H and O–H groups in total. The van der Waals surface area contributed by atoms with Gasteiger partial charge in [-0.15, -0.1) is 11.3 Å². The highest BCUT2D eigenvalue weighted by Gasteiger charge is 2.23. The van der Waals surface area contributed by atoms with E-state index in [1.54, 1.807) is 11.3 Å². The molecule has 0 saturated heterocycles. The van der Waals surface area contributed by atoms with Gasteiger partial charge in [-0.05, 0) is 49.8 Å². The SMILES string of the molecule is C[C@H]1CCc2c(sc3nc([C@@H](C)NCCOc4ccccc4)[nH]c(=O)c23)C1. The van der Waals surface area contributed by atoms with E-state index in [0.29, 0.717) is 24.9 Å². The third-order valence-electron chi connectivity index (χ3n) is 5.16. The lowest BCUT2D eigenvalue weighted by Gasteiger charge is -2.17. The molecular weight excluding hydrogens is 358 g/mol. The molecule has 27 heavy (non-hydrogen) atoms. The van der Waals surface area contributed by atoms with Gasteiger partial charge in [0.2, 0.25) is 0 Å². The number of H-pyrrole nitrogens is 1. The first-order chi connectivity index (χ1) is 13.1. The van der Waals surface area contributed by atoms with E-state index in [1.165, 1.54) is 10.4 Å². The number of nitrogens with one attached hydrogen (secondary N) is 2. The largest absolute Gasteiger partial charge is 0.492 e. The highest BCUT2D eigenvalue weighted by Crippen LogP contribution is 2.35. The molecule has 0 bridgehead atoms. The smallest absolute Gasteiger partial charge is 0.259 e. The molecule has 0 aliphatic heterocycles. The molecular formula is C21H25N3O2S. The minimum atomic E-state index is -0.0421. The van der Waals surface area contributed by atoms with Gasteiger partial charge in [0, 0.05) is 11.4 Å². The van der Waals surface area contributed by atoms with Crippen molar-refractivity contribution in [3.63, 3.8) is 0 Å². The van der Waals surface area contributed by atoms with Crippen LogP contribution in [0.3, 0.4) is 0 Å².